The van der Waals surface area contributed by atoms with Crippen molar-refractivity contribution in [2.45, 2.75) is 116 Å². The van der Waals surface area contributed by atoms with E-state index in [4.69, 9.17) is 37.6 Å². The molecule has 0 fully saturated rings. The van der Waals surface area contributed by atoms with Crippen LogP contribution in [0.2, 0.25) is 19.6 Å². The van der Waals surface area contributed by atoms with Gasteiger partial charge in [-0.25, -0.2) is 0 Å². The third-order valence-corrected chi connectivity index (χ3v) is 7.71. The van der Waals surface area contributed by atoms with Crippen molar-refractivity contribution >= 4 is 8.32 Å². The van der Waals surface area contributed by atoms with Gasteiger partial charge in [0.2, 0.25) is 0 Å². The van der Waals surface area contributed by atoms with E-state index < -0.39 is 8.32 Å². The zero-order chi connectivity index (χ0) is 30.7. The van der Waals surface area contributed by atoms with Gasteiger partial charge in [-0.1, -0.05) is 90.4 Å². The van der Waals surface area contributed by atoms with Crippen molar-refractivity contribution in [3.05, 3.63) is 0 Å². The Morgan fingerprint density at radius 3 is 0.810 bits per heavy atom. The van der Waals surface area contributed by atoms with Crippen LogP contribution in [0.4, 0.5) is 0 Å². The largest absolute Gasteiger partial charge is 0.415 e. The van der Waals surface area contributed by atoms with Crippen molar-refractivity contribution in [1.82, 2.24) is 0 Å². The lowest BCUT2D eigenvalue weighted by molar-refractivity contribution is -0.0213. The molecule has 42 heavy (non-hydrogen) atoms. The molecule has 8 nitrogen and oxygen atoms in total. The second kappa shape index (κ2) is 35.4. The molecule has 0 aromatic rings. The number of hydrogen-bond donors (Lipinski definition) is 0. The van der Waals surface area contributed by atoms with Gasteiger partial charge in [0.15, 0.2) is 8.32 Å². The Balaban J connectivity index is 3.04. The van der Waals surface area contributed by atoms with Gasteiger partial charge in [0.05, 0.1) is 92.5 Å². The molecule has 0 aromatic carbocycles. The monoisotopic (exact) mass is 622 g/mol. The molecule has 0 saturated heterocycles. The Morgan fingerprint density at radius 2 is 0.524 bits per heavy atom. The highest BCUT2D eigenvalue weighted by Gasteiger charge is 2.13. The molecule has 0 aliphatic rings. The Bertz CT molecular complexity index is 493. The highest BCUT2D eigenvalue weighted by Crippen LogP contribution is 2.13. The number of unbranched alkanes of at least 4 members (excludes halogenated alkanes) is 13. The Kier molecular flexibility index (Phi) is 35.3. The minimum Gasteiger partial charge on any atom is -0.415 e. The fourth-order valence-electron chi connectivity index (χ4n) is 4.23. The van der Waals surface area contributed by atoms with Crippen molar-refractivity contribution in [2.75, 3.05) is 99.1 Å². The van der Waals surface area contributed by atoms with Gasteiger partial charge >= 0.3 is 0 Å². The molecule has 0 aromatic heterocycles. The topological polar surface area (TPSA) is 73.8 Å². The van der Waals surface area contributed by atoms with Crippen LogP contribution in [0.5, 0.6) is 0 Å². The van der Waals surface area contributed by atoms with E-state index in [0.717, 1.165) is 13.0 Å². The summed E-state index contributed by atoms with van der Waals surface area (Å²) in [5.74, 6) is 0. The van der Waals surface area contributed by atoms with Gasteiger partial charge < -0.3 is 37.6 Å². The van der Waals surface area contributed by atoms with Crippen LogP contribution in [0.15, 0.2) is 0 Å². The van der Waals surface area contributed by atoms with E-state index in [2.05, 4.69) is 26.6 Å². The molecule has 0 saturated carbocycles. The van der Waals surface area contributed by atoms with E-state index in [1.807, 2.05) is 0 Å². The summed E-state index contributed by atoms with van der Waals surface area (Å²) in [6.07, 6.45) is 19.3. The van der Waals surface area contributed by atoms with Gasteiger partial charge in [0, 0.05) is 6.61 Å². The van der Waals surface area contributed by atoms with Crippen LogP contribution in [0, 0.1) is 0 Å². The third kappa shape index (κ3) is 39.9. The number of hydrogen-bond acceptors (Lipinski definition) is 8. The minimum atomic E-state index is -1.44. The first kappa shape index (κ1) is 41.9. The quantitative estimate of drug-likeness (QED) is 0.0523. The summed E-state index contributed by atoms with van der Waals surface area (Å²) in [6.45, 7) is 17.9. The average molecular weight is 623 g/mol. The van der Waals surface area contributed by atoms with Crippen molar-refractivity contribution < 1.29 is 37.6 Å². The van der Waals surface area contributed by atoms with Crippen LogP contribution in [-0.4, -0.2) is 107 Å². The van der Waals surface area contributed by atoms with Crippen LogP contribution >= 0.6 is 0 Å². The lowest BCUT2D eigenvalue weighted by Crippen LogP contribution is -2.27. The second-order valence-electron chi connectivity index (χ2n) is 11.8. The predicted molar refractivity (Wildman–Crippen MR) is 175 cm³/mol. The van der Waals surface area contributed by atoms with Crippen molar-refractivity contribution in [3.8, 4) is 0 Å². The molecule has 0 N–H and O–H groups in total. The maximum absolute atomic E-state index is 5.72. The molecule has 0 aliphatic carbocycles. The summed E-state index contributed by atoms with van der Waals surface area (Å²) in [5, 5.41) is 0. The third-order valence-electron chi connectivity index (χ3n) is 6.64. The lowest BCUT2D eigenvalue weighted by Gasteiger charge is -2.16. The summed E-state index contributed by atoms with van der Waals surface area (Å²) in [6, 6.07) is 0. The Hall–Kier alpha value is -0.103. The molecule has 254 valence electrons. The number of ether oxygens (including phenoxy) is 7. The predicted octanol–water partition coefficient (Wildman–Crippen LogP) is 7.44. The highest BCUT2D eigenvalue weighted by molar-refractivity contribution is 6.69. The molecule has 0 rings (SSSR count). The average Bonchev–Trinajstić information content (AvgIpc) is 2.96. The second-order valence-corrected chi connectivity index (χ2v) is 16.4. The van der Waals surface area contributed by atoms with Gasteiger partial charge in [-0.15, -0.1) is 0 Å². The van der Waals surface area contributed by atoms with E-state index in [1.54, 1.807) is 0 Å². The number of rotatable bonds is 37. The SMILES string of the molecule is CCCCCCCCCCCCCCCCOCCOCCOCCOCCOCCOCCOCCO[Si](C)(C)C. The smallest absolute Gasteiger partial charge is 0.183 e. The molecule has 0 amide bonds. The molecule has 0 atom stereocenters. The summed E-state index contributed by atoms with van der Waals surface area (Å²) in [5.41, 5.74) is 0. The molecule has 0 spiro atoms. The van der Waals surface area contributed by atoms with Gasteiger partial charge in [-0.3, -0.25) is 0 Å². The molecule has 0 heterocycles. The molecular formula is C33H70O8Si. The highest BCUT2D eigenvalue weighted by atomic mass is 28.4. The van der Waals surface area contributed by atoms with E-state index in [0.29, 0.717) is 92.5 Å². The lowest BCUT2D eigenvalue weighted by atomic mass is 10.0. The fourth-order valence-corrected chi connectivity index (χ4v) is 4.92. The van der Waals surface area contributed by atoms with E-state index in [1.165, 1.54) is 83.5 Å². The standard InChI is InChI=1S/C33H70O8Si/c1-5-6-7-8-9-10-11-12-13-14-15-16-17-18-19-34-20-21-35-22-23-36-24-25-37-26-27-38-28-29-39-30-31-40-32-33-41-42(2,3)4/h5-33H2,1-4H3. The Labute approximate surface area is 261 Å². The fraction of sp³-hybridized carbons (Fsp3) is 1.00. The maximum Gasteiger partial charge on any atom is 0.183 e. The van der Waals surface area contributed by atoms with Crippen molar-refractivity contribution in [2.24, 2.45) is 0 Å². The first-order valence-electron chi connectivity index (χ1n) is 17.2. The van der Waals surface area contributed by atoms with Gasteiger partial charge in [-0.2, -0.15) is 0 Å². The molecule has 9 heteroatoms. The van der Waals surface area contributed by atoms with E-state index in [-0.39, 0.29) is 0 Å². The molecule has 0 bridgehead atoms. The summed E-state index contributed by atoms with van der Waals surface area (Å²) in [7, 11) is -1.44. The van der Waals surface area contributed by atoms with E-state index in [9.17, 15) is 0 Å². The van der Waals surface area contributed by atoms with Crippen LogP contribution < -0.4 is 0 Å². The van der Waals surface area contributed by atoms with Crippen molar-refractivity contribution in [3.63, 3.8) is 0 Å². The maximum atomic E-state index is 5.72. The van der Waals surface area contributed by atoms with Gasteiger partial charge in [0.25, 0.3) is 0 Å². The molecule has 0 radical (unpaired) electrons. The minimum absolute atomic E-state index is 0.552. The Morgan fingerprint density at radius 1 is 0.286 bits per heavy atom. The van der Waals surface area contributed by atoms with Crippen molar-refractivity contribution in [1.29, 1.82) is 0 Å². The summed E-state index contributed by atoms with van der Waals surface area (Å²) < 4.78 is 44.4. The molecular weight excluding hydrogens is 552 g/mol. The summed E-state index contributed by atoms with van der Waals surface area (Å²) in [4.78, 5) is 0. The normalized spacial score (nSPS) is 12.0. The zero-order valence-corrected chi connectivity index (χ0v) is 29.3. The van der Waals surface area contributed by atoms with Crippen LogP contribution in [-0.2, 0) is 37.6 Å². The van der Waals surface area contributed by atoms with Crippen LogP contribution in [0.1, 0.15) is 96.8 Å². The summed E-state index contributed by atoms with van der Waals surface area (Å²) >= 11 is 0. The van der Waals surface area contributed by atoms with Crippen LogP contribution in [0.25, 0.3) is 0 Å². The van der Waals surface area contributed by atoms with Gasteiger partial charge in [-0.05, 0) is 26.1 Å². The molecule has 0 unspecified atom stereocenters. The first-order chi connectivity index (χ1) is 20.6. The zero-order valence-electron chi connectivity index (χ0n) is 28.3. The van der Waals surface area contributed by atoms with Crippen LogP contribution in [0.3, 0.4) is 0 Å². The van der Waals surface area contributed by atoms with E-state index >= 15 is 0 Å². The first-order valence-corrected chi connectivity index (χ1v) is 20.6. The van der Waals surface area contributed by atoms with Gasteiger partial charge in [0.1, 0.15) is 0 Å². The molecule has 0 aliphatic heterocycles.